The van der Waals surface area contributed by atoms with Crippen LogP contribution in [0.15, 0.2) is 52.2 Å². The number of fused-ring (bicyclic) bond motifs is 2. The van der Waals surface area contributed by atoms with Gasteiger partial charge in [0.25, 0.3) is 0 Å². The number of oxazole rings is 1. The molecule has 11 heteroatoms. The van der Waals surface area contributed by atoms with Crippen molar-refractivity contribution >= 4 is 24.2 Å². The fraction of sp³-hybridized carbons (Fsp3) is 0.561. The third-order valence-corrected chi connectivity index (χ3v) is 22.5. The van der Waals surface area contributed by atoms with Gasteiger partial charge in [-0.15, -0.1) is 0 Å². The van der Waals surface area contributed by atoms with Crippen LogP contribution in [0.3, 0.4) is 0 Å². The zero-order valence-electron chi connectivity index (χ0n) is 32.4. The van der Waals surface area contributed by atoms with Crippen LogP contribution in [0.4, 0.5) is 0 Å². The van der Waals surface area contributed by atoms with Gasteiger partial charge in [0.1, 0.15) is 19.1 Å². The molecule has 5 rings (SSSR count). The summed E-state index contributed by atoms with van der Waals surface area (Å²) in [6, 6.07) is 11.8. The Balaban J connectivity index is 1.49. The largest absolute Gasteiger partial charge is 0.497 e. The van der Waals surface area contributed by atoms with E-state index in [0.29, 0.717) is 66.5 Å². The van der Waals surface area contributed by atoms with Gasteiger partial charge >= 0.3 is 0 Å². The van der Waals surface area contributed by atoms with Gasteiger partial charge in [-0.05, 0) is 58.8 Å². The highest BCUT2D eigenvalue weighted by Gasteiger charge is 2.47. The topological polar surface area (TPSA) is 98.5 Å². The molecular weight excluding hydrogens is 695 g/mol. The molecule has 0 bridgehead atoms. The van der Waals surface area contributed by atoms with Crippen molar-refractivity contribution in [3.63, 3.8) is 0 Å². The fourth-order valence-electron chi connectivity index (χ4n) is 7.97. The Morgan fingerprint density at radius 3 is 2.17 bits per heavy atom. The second-order valence-electron chi connectivity index (χ2n) is 14.5. The maximum atomic E-state index is 14.7. The summed E-state index contributed by atoms with van der Waals surface area (Å²) in [5.74, 6) is 6.42. The number of rotatable bonds is 16. The first kappa shape index (κ1) is 40.2. The fourth-order valence-corrected chi connectivity index (χ4v) is 16.5. The van der Waals surface area contributed by atoms with Crippen molar-refractivity contribution in [3.05, 3.63) is 76.2 Å². The zero-order valence-corrected chi connectivity index (χ0v) is 34.2. The van der Waals surface area contributed by atoms with E-state index in [2.05, 4.69) is 58.4 Å². The van der Waals surface area contributed by atoms with Gasteiger partial charge in [0.05, 0.1) is 33.1 Å². The Bertz CT molecular complexity index is 1690. The smallest absolute Gasteiger partial charge is 0.250 e. The first-order valence-corrected chi connectivity index (χ1v) is 22.1. The third kappa shape index (κ3) is 8.39. The van der Waals surface area contributed by atoms with Crippen molar-refractivity contribution < 1.29 is 37.6 Å². The number of ether oxygens (including phenoxy) is 6. The number of aromatic nitrogens is 1. The average molecular weight is 750 g/mol. The second-order valence-corrected chi connectivity index (χ2v) is 23.0. The quantitative estimate of drug-likeness (QED) is 0.0611. The van der Waals surface area contributed by atoms with Gasteiger partial charge in [0.2, 0.25) is 11.0 Å². The molecule has 9 nitrogen and oxygen atoms in total. The number of hydrogen-bond donors (Lipinski definition) is 0. The van der Waals surface area contributed by atoms with Crippen LogP contribution in [0.25, 0.3) is 0 Å². The van der Waals surface area contributed by atoms with Gasteiger partial charge in [-0.2, -0.15) is 0 Å². The summed E-state index contributed by atoms with van der Waals surface area (Å²) in [6.45, 7) is 17.2. The Morgan fingerprint density at radius 1 is 0.923 bits per heavy atom. The summed E-state index contributed by atoms with van der Waals surface area (Å²) >= 11 is 1.78. The number of ketones is 1. The lowest BCUT2D eigenvalue weighted by Gasteiger charge is -2.40. The average Bonchev–Trinajstić information content (AvgIpc) is 3.90. The molecule has 282 valence electrons. The predicted octanol–water partition coefficient (Wildman–Crippen LogP) is 9.03. The van der Waals surface area contributed by atoms with Gasteiger partial charge in [-0.1, -0.05) is 88.9 Å². The van der Waals surface area contributed by atoms with E-state index in [-0.39, 0.29) is 17.5 Å². The van der Waals surface area contributed by atoms with Crippen LogP contribution < -0.4 is 4.74 Å². The van der Waals surface area contributed by atoms with E-state index >= 15 is 0 Å². The summed E-state index contributed by atoms with van der Waals surface area (Å²) in [4.78, 5) is 19.3. The van der Waals surface area contributed by atoms with Crippen LogP contribution in [0.1, 0.15) is 106 Å². The van der Waals surface area contributed by atoms with E-state index in [0.717, 1.165) is 28.0 Å². The molecule has 1 fully saturated rings. The number of benzene rings is 2. The number of hydrogen-bond acceptors (Lipinski definition) is 10. The molecule has 2 unspecified atom stereocenters. The minimum atomic E-state index is -1.95. The maximum absolute atomic E-state index is 14.7. The summed E-state index contributed by atoms with van der Waals surface area (Å²) in [5.41, 5.74) is 5.72. The molecule has 3 aromatic rings. The Morgan fingerprint density at radius 2 is 1.58 bits per heavy atom. The standard InChI is InChI=1S/C41H55NO8SSi/c1-26(2)52(27(3)4,28(5)6)51-40-42-24-36(50-40)39(43)38-33(17-18-35-34(38)19-20-41(35)48-21-22-49-41)29(7)11-14-32(23-37(45-9)46-10)47-25-30-12-15-31(44-8)16-13-30/h12-13,15-18,24,26-29,32,37H,19-23,25H2,1-10H3. The molecule has 0 radical (unpaired) electrons. The van der Waals surface area contributed by atoms with E-state index in [1.807, 2.05) is 43.3 Å². The van der Waals surface area contributed by atoms with Crippen LogP contribution in [-0.2, 0) is 42.5 Å². The molecule has 2 atom stereocenters. The van der Waals surface area contributed by atoms with E-state index in [1.54, 1.807) is 38.7 Å². The predicted molar refractivity (Wildman–Crippen MR) is 205 cm³/mol. The molecule has 1 spiro atoms. The second kappa shape index (κ2) is 17.5. The molecule has 1 aliphatic heterocycles. The lowest BCUT2D eigenvalue weighted by atomic mass is 9.87. The monoisotopic (exact) mass is 749 g/mol. The van der Waals surface area contributed by atoms with Crippen molar-refractivity contribution in [2.75, 3.05) is 34.5 Å². The zero-order chi connectivity index (χ0) is 37.6. The lowest BCUT2D eigenvalue weighted by molar-refractivity contribution is -0.163. The summed E-state index contributed by atoms with van der Waals surface area (Å²) in [7, 11) is 2.89. The highest BCUT2D eigenvalue weighted by atomic mass is 32.4. The van der Waals surface area contributed by atoms with Gasteiger partial charge < -0.3 is 32.8 Å². The molecule has 1 aliphatic carbocycles. The van der Waals surface area contributed by atoms with Crippen molar-refractivity contribution in [3.8, 4) is 17.6 Å². The Hall–Kier alpha value is -2.95. The molecule has 0 amide bonds. The van der Waals surface area contributed by atoms with Crippen LogP contribution in [0, 0.1) is 11.8 Å². The molecule has 2 aliphatic rings. The summed E-state index contributed by atoms with van der Waals surface area (Å²) in [5, 5.41) is 0.565. The van der Waals surface area contributed by atoms with Crippen LogP contribution in [0.2, 0.25) is 16.6 Å². The SMILES string of the molecule is COc1ccc(COC(C#CC(C)c2ccc3c(c2C(=O)c2cnc(S[Si](C(C)C)(C(C)C)C(C)C)o2)CCC32OCCO2)CC(OC)OC)cc1. The normalized spacial score (nSPS) is 16.5. The van der Waals surface area contributed by atoms with Crippen molar-refractivity contribution in [1.82, 2.24) is 4.98 Å². The number of carbonyl (C=O) groups is 1. The Labute approximate surface area is 314 Å². The molecule has 1 saturated heterocycles. The molecular formula is C41H55NO8SSi. The van der Waals surface area contributed by atoms with Crippen molar-refractivity contribution in [2.24, 2.45) is 0 Å². The lowest BCUT2D eigenvalue weighted by Crippen LogP contribution is -2.41. The van der Waals surface area contributed by atoms with E-state index in [4.69, 9.17) is 32.8 Å². The first-order valence-electron chi connectivity index (χ1n) is 18.3. The Kier molecular flexibility index (Phi) is 13.5. The highest BCUT2D eigenvalue weighted by Crippen LogP contribution is 2.52. The number of nitrogens with zero attached hydrogens (tertiary/aromatic N) is 1. The molecule has 0 saturated carbocycles. The molecule has 52 heavy (non-hydrogen) atoms. The molecule has 1 aromatic heterocycles. The molecule has 2 aromatic carbocycles. The van der Waals surface area contributed by atoms with Gasteiger partial charge in [0, 0.05) is 44.1 Å². The maximum Gasteiger partial charge on any atom is 0.250 e. The molecule has 2 heterocycles. The summed E-state index contributed by atoms with van der Waals surface area (Å²) in [6.07, 6.45) is 2.30. The number of methoxy groups -OCH3 is 3. The minimum Gasteiger partial charge on any atom is -0.497 e. The van der Waals surface area contributed by atoms with Gasteiger partial charge in [-0.25, -0.2) is 4.98 Å². The number of carbonyl (C=O) groups excluding carboxylic acids is 1. The first-order chi connectivity index (χ1) is 24.9. The van der Waals surface area contributed by atoms with Crippen molar-refractivity contribution in [2.45, 2.75) is 120 Å². The minimum absolute atomic E-state index is 0.202. The third-order valence-electron chi connectivity index (χ3n) is 10.6. The van der Waals surface area contributed by atoms with E-state index in [9.17, 15) is 4.79 Å². The van der Waals surface area contributed by atoms with Crippen LogP contribution >= 0.6 is 11.2 Å². The molecule has 0 N–H and O–H groups in total. The van der Waals surface area contributed by atoms with Gasteiger partial charge in [0.15, 0.2) is 17.8 Å². The van der Waals surface area contributed by atoms with E-state index in [1.165, 1.54) is 0 Å². The summed E-state index contributed by atoms with van der Waals surface area (Å²) < 4.78 is 41.3. The van der Waals surface area contributed by atoms with Gasteiger partial charge in [-0.3, -0.25) is 4.79 Å². The van der Waals surface area contributed by atoms with Crippen LogP contribution in [0.5, 0.6) is 5.75 Å². The highest BCUT2D eigenvalue weighted by molar-refractivity contribution is 8.29. The van der Waals surface area contributed by atoms with Crippen LogP contribution in [-0.4, -0.2) is 64.9 Å². The van der Waals surface area contributed by atoms with Crippen molar-refractivity contribution in [1.29, 1.82) is 0 Å². The van der Waals surface area contributed by atoms with E-state index < -0.39 is 25.4 Å².